The summed E-state index contributed by atoms with van der Waals surface area (Å²) in [6.07, 6.45) is -3.73. The second-order valence-electron chi connectivity index (χ2n) is 4.81. The fourth-order valence-corrected chi connectivity index (χ4v) is 4.02. The monoisotopic (exact) mass is 320 g/mol. The van der Waals surface area contributed by atoms with Crippen LogP contribution in [0.4, 0.5) is 0 Å². The number of esters is 3. The van der Waals surface area contributed by atoms with Crippen molar-refractivity contribution in [3.63, 3.8) is 0 Å². The van der Waals surface area contributed by atoms with Crippen LogP contribution in [-0.4, -0.2) is 57.7 Å². The Morgan fingerprint density at radius 1 is 0.905 bits per heavy atom. The van der Waals surface area contributed by atoms with E-state index in [1.807, 2.05) is 0 Å². The smallest absolute Gasteiger partial charge is 0.303 e. The molecule has 0 aromatic heterocycles. The molecule has 2 bridgehead atoms. The van der Waals surface area contributed by atoms with Crippen LogP contribution in [0.1, 0.15) is 20.8 Å². The molecule has 2 fully saturated rings. The van der Waals surface area contributed by atoms with Crippen molar-refractivity contribution >= 4 is 28.7 Å². The molecular formula is C12H16O8S. The van der Waals surface area contributed by atoms with E-state index in [1.165, 1.54) is 20.8 Å². The molecule has 6 atom stereocenters. The van der Waals surface area contributed by atoms with Gasteiger partial charge in [-0.1, -0.05) is 0 Å². The second kappa shape index (κ2) is 6.10. The van der Waals surface area contributed by atoms with Crippen molar-refractivity contribution in [3.8, 4) is 0 Å². The molecule has 9 heteroatoms. The fraction of sp³-hybridized carbons (Fsp3) is 0.750. The van der Waals surface area contributed by atoms with Crippen molar-refractivity contribution in [2.45, 2.75) is 50.6 Å². The average molecular weight is 320 g/mol. The number of hydrogen-bond donors (Lipinski definition) is 0. The highest BCUT2D eigenvalue weighted by molar-refractivity contribution is 7.85. The summed E-state index contributed by atoms with van der Waals surface area (Å²) in [5.41, 5.74) is -0.893. The third kappa shape index (κ3) is 3.41. The first-order chi connectivity index (χ1) is 9.79. The molecule has 2 rings (SSSR count). The molecule has 0 aromatic carbocycles. The molecule has 0 saturated carbocycles. The summed E-state index contributed by atoms with van der Waals surface area (Å²) in [6, 6.07) is 0. The van der Waals surface area contributed by atoms with Gasteiger partial charge < -0.3 is 18.9 Å². The van der Waals surface area contributed by atoms with Gasteiger partial charge in [-0.25, -0.2) is 0 Å². The van der Waals surface area contributed by atoms with Crippen molar-refractivity contribution in [2.24, 2.45) is 0 Å². The molecule has 2 aliphatic heterocycles. The molecule has 118 valence electrons. The molecule has 8 nitrogen and oxygen atoms in total. The molecule has 21 heavy (non-hydrogen) atoms. The first kappa shape index (κ1) is 15.9. The summed E-state index contributed by atoms with van der Waals surface area (Å²) in [7, 11) is -1.43. The predicted molar refractivity (Wildman–Crippen MR) is 68.3 cm³/mol. The average Bonchev–Trinajstić information content (AvgIpc) is 2.67. The van der Waals surface area contributed by atoms with E-state index < -0.39 is 58.6 Å². The van der Waals surface area contributed by atoms with Crippen LogP contribution in [-0.2, 0) is 44.1 Å². The number of carbonyl (C=O) groups is 3. The summed E-state index contributed by atoms with van der Waals surface area (Å²) in [5.74, 6) is -1.73. The number of ether oxygens (including phenoxy) is 4. The number of fused-ring (bicyclic) bond motifs is 2. The Kier molecular flexibility index (Phi) is 4.62. The van der Waals surface area contributed by atoms with Gasteiger partial charge in [0.25, 0.3) is 0 Å². The minimum absolute atomic E-state index is 0.123. The maximum Gasteiger partial charge on any atom is 0.303 e. The SMILES string of the molecule is CC(=O)O[C@@H]1[C@@H](OC(C)=O)[C@H]2O[C@H](CS2=O)[C@H]1OC(C)=O. The van der Waals surface area contributed by atoms with Crippen LogP contribution in [0.3, 0.4) is 0 Å². The van der Waals surface area contributed by atoms with Crippen molar-refractivity contribution in [1.29, 1.82) is 0 Å². The van der Waals surface area contributed by atoms with Gasteiger partial charge in [-0.2, -0.15) is 0 Å². The van der Waals surface area contributed by atoms with Crippen LogP contribution in [0.2, 0.25) is 0 Å². The molecule has 2 aliphatic rings. The highest BCUT2D eigenvalue weighted by Crippen LogP contribution is 2.35. The summed E-state index contributed by atoms with van der Waals surface area (Å²) in [4.78, 5) is 33.7. The Morgan fingerprint density at radius 2 is 1.38 bits per heavy atom. The van der Waals surface area contributed by atoms with Crippen LogP contribution < -0.4 is 0 Å². The van der Waals surface area contributed by atoms with Gasteiger partial charge in [-0.15, -0.1) is 0 Å². The molecule has 0 spiro atoms. The third-order valence-corrected chi connectivity index (χ3v) is 4.64. The van der Waals surface area contributed by atoms with E-state index in [1.54, 1.807) is 0 Å². The Morgan fingerprint density at radius 3 is 1.90 bits per heavy atom. The van der Waals surface area contributed by atoms with Gasteiger partial charge in [-0.3, -0.25) is 18.6 Å². The van der Waals surface area contributed by atoms with Crippen molar-refractivity contribution in [2.75, 3.05) is 5.75 Å². The molecule has 0 aliphatic carbocycles. The van der Waals surface area contributed by atoms with Crippen molar-refractivity contribution < 1.29 is 37.5 Å². The van der Waals surface area contributed by atoms with E-state index >= 15 is 0 Å². The maximum absolute atomic E-state index is 12.0. The highest BCUT2D eigenvalue weighted by Gasteiger charge is 2.58. The third-order valence-electron chi connectivity index (χ3n) is 3.08. The molecular weight excluding hydrogens is 304 g/mol. The summed E-state index contributed by atoms with van der Waals surface area (Å²) in [6.45, 7) is 3.56. The van der Waals surface area contributed by atoms with Crippen LogP contribution >= 0.6 is 0 Å². The number of rotatable bonds is 3. The van der Waals surface area contributed by atoms with Gasteiger partial charge in [-0.05, 0) is 0 Å². The van der Waals surface area contributed by atoms with Gasteiger partial charge in [0.05, 0.1) is 16.6 Å². The largest absolute Gasteiger partial charge is 0.456 e. The lowest BCUT2D eigenvalue weighted by molar-refractivity contribution is -0.224. The zero-order chi connectivity index (χ0) is 15.7. The van der Waals surface area contributed by atoms with Crippen LogP contribution in [0.25, 0.3) is 0 Å². The first-order valence-corrected chi connectivity index (χ1v) is 7.72. The molecule has 2 heterocycles. The summed E-state index contributed by atoms with van der Waals surface area (Å²) < 4.78 is 32.9. The topological polar surface area (TPSA) is 105 Å². The van der Waals surface area contributed by atoms with Crippen molar-refractivity contribution in [1.82, 2.24) is 0 Å². The van der Waals surface area contributed by atoms with E-state index in [-0.39, 0.29) is 5.75 Å². The predicted octanol–water partition coefficient (Wildman–Crippen LogP) is -0.731. The minimum Gasteiger partial charge on any atom is -0.456 e. The van der Waals surface area contributed by atoms with Gasteiger partial charge in [0.15, 0.2) is 23.7 Å². The van der Waals surface area contributed by atoms with Gasteiger partial charge >= 0.3 is 17.9 Å². The zero-order valence-corrected chi connectivity index (χ0v) is 12.6. The summed E-state index contributed by atoms with van der Waals surface area (Å²) >= 11 is 0. The Bertz CT molecular complexity index is 490. The Hall–Kier alpha value is -1.48. The second-order valence-corrected chi connectivity index (χ2v) is 6.37. The van der Waals surface area contributed by atoms with Gasteiger partial charge in [0, 0.05) is 20.8 Å². The normalized spacial score (nSPS) is 37.7. The quantitative estimate of drug-likeness (QED) is 0.495. The molecule has 0 radical (unpaired) electrons. The molecule has 0 amide bonds. The number of carbonyl (C=O) groups excluding carboxylic acids is 3. The van der Waals surface area contributed by atoms with E-state index in [0.29, 0.717) is 0 Å². The Balaban J connectivity index is 2.32. The zero-order valence-electron chi connectivity index (χ0n) is 11.8. The highest BCUT2D eigenvalue weighted by atomic mass is 32.2. The van der Waals surface area contributed by atoms with Gasteiger partial charge in [0.1, 0.15) is 6.10 Å². The first-order valence-electron chi connectivity index (χ1n) is 6.34. The maximum atomic E-state index is 12.0. The fourth-order valence-electron chi connectivity index (χ4n) is 2.46. The lowest BCUT2D eigenvalue weighted by atomic mass is 10.0. The number of hydrogen-bond acceptors (Lipinski definition) is 8. The minimum atomic E-state index is -1.43. The van der Waals surface area contributed by atoms with E-state index in [9.17, 15) is 18.6 Å². The van der Waals surface area contributed by atoms with Crippen LogP contribution in [0.5, 0.6) is 0 Å². The van der Waals surface area contributed by atoms with Crippen LogP contribution in [0, 0.1) is 0 Å². The molecule has 0 N–H and O–H groups in total. The molecule has 0 aromatic rings. The van der Waals surface area contributed by atoms with E-state index in [4.69, 9.17) is 18.9 Å². The van der Waals surface area contributed by atoms with Crippen molar-refractivity contribution in [3.05, 3.63) is 0 Å². The summed E-state index contributed by atoms with van der Waals surface area (Å²) in [5, 5.41) is 0. The van der Waals surface area contributed by atoms with E-state index in [2.05, 4.69) is 0 Å². The van der Waals surface area contributed by atoms with Crippen LogP contribution in [0.15, 0.2) is 0 Å². The standard InChI is InChI=1S/C12H16O8S/c1-5(13)17-9-8-4-21(16)12(20-8)11(19-7(3)15)10(9)18-6(2)14/h8-12H,4H2,1-3H3/t8-,9-,10+,11-,12+,21?/m1/s1. The van der Waals surface area contributed by atoms with E-state index in [0.717, 1.165) is 0 Å². The Labute approximate surface area is 123 Å². The van der Waals surface area contributed by atoms with Gasteiger partial charge in [0.2, 0.25) is 0 Å². The lowest BCUT2D eigenvalue weighted by Gasteiger charge is -2.39. The lowest BCUT2D eigenvalue weighted by Crippen LogP contribution is -2.58. The molecule has 1 unspecified atom stereocenters. The molecule has 2 saturated heterocycles.